The summed E-state index contributed by atoms with van der Waals surface area (Å²) in [6, 6.07) is 11.3. The van der Waals surface area contributed by atoms with E-state index in [9.17, 15) is 37.8 Å². The zero-order valence-electron chi connectivity index (χ0n) is 23.3. The van der Waals surface area contributed by atoms with Crippen molar-refractivity contribution >= 4 is 28.4 Å². The van der Waals surface area contributed by atoms with E-state index in [0.29, 0.717) is 23.8 Å². The smallest absolute Gasteiger partial charge is 0.304 e. The molecule has 7 N–H and O–H groups in total. The summed E-state index contributed by atoms with van der Waals surface area (Å²) in [5.41, 5.74) is 11.7. The molecule has 0 spiro atoms. The van der Waals surface area contributed by atoms with Gasteiger partial charge in [-0.15, -0.1) is 0 Å². The van der Waals surface area contributed by atoms with Crippen molar-refractivity contribution in [3.63, 3.8) is 0 Å². The standard InChI is InChI=1S/C9H9FN2O2.C9H11FN2.C6H3F2NO2.C3H7N.CH4O/c10-6-1-4-9(12(13)14)8(5-6)11-7-2-3-7;10-6-1-4-8(11)9(5-6)12-7-2-3-7;7-4-1-2-6(9(10)11)5(8)3-4;4-3-1-2-3;1-2/h1,4-5,7,11H,2-3H2;1,4-5,7,12H,2-3,11H2;1-3H;3H,1-2,4H2;2H,1H3. The van der Waals surface area contributed by atoms with Gasteiger partial charge in [0, 0.05) is 49.5 Å². The number of rotatable bonds is 6. The van der Waals surface area contributed by atoms with Crippen LogP contribution in [0, 0.1) is 43.5 Å². The zero-order chi connectivity index (χ0) is 32.1. The summed E-state index contributed by atoms with van der Waals surface area (Å²) in [6.45, 7) is 0. The number of nitrogens with two attached hydrogens (primary N) is 2. The van der Waals surface area contributed by atoms with E-state index in [1.165, 1.54) is 31.0 Å². The van der Waals surface area contributed by atoms with Crippen molar-refractivity contribution in [3.05, 3.63) is 98.1 Å². The maximum atomic E-state index is 12.8. The number of halogens is 4. The molecule has 11 nitrogen and oxygen atoms in total. The predicted molar refractivity (Wildman–Crippen MR) is 156 cm³/mol. The molecule has 0 heterocycles. The molecule has 3 aromatic rings. The number of nitro benzene ring substituents is 2. The maximum absolute atomic E-state index is 12.8. The Balaban J connectivity index is 0.000000206. The minimum Gasteiger partial charge on any atom is -0.400 e. The predicted octanol–water partition coefficient (Wildman–Crippen LogP) is 5.88. The third-order valence-corrected chi connectivity index (χ3v) is 5.77. The Morgan fingerprint density at radius 3 is 1.51 bits per heavy atom. The molecule has 3 aliphatic rings. The molecule has 3 aliphatic carbocycles. The molecule has 0 bridgehead atoms. The van der Waals surface area contributed by atoms with Crippen LogP contribution in [0.4, 0.5) is 46.0 Å². The first-order valence-electron chi connectivity index (χ1n) is 13.2. The fourth-order valence-corrected chi connectivity index (χ4v) is 3.06. The molecule has 0 saturated heterocycles. The highest BCUT2D eigenvalue weighted by Crippen LogP contribution is 2.31. The lowest BCUT2D eigenvalue weighted by Crippen LogP contribution is -2.04. The van der Waals surface area contributed by atoms with Crippen LogP contribution >= 0.6 is 0 Å². The van der Waals surface area contributed by atoms with E-state index < -0.39 is 33.0 Å². The zero-order valence-corrected chi connectivity index (χ0v) is 23.3. The molecule has 43 heavy (non-hydrogen) atoms. The highest BCUT2D eigenvalue weighted by molar-refractivity contribution is 5.66. The Morgan fingerprint density at radius 2 is 1.09 bits per heavy atom. The van der Waals surface area contributed by atoms with Gasteiger partial charge < -0.3 is 27.2 Å². The van der Waals surface area contributed by atoms with Gasteiger partial charge in [-0.05, 0) is 68.9 Å². The molecule has 3 saturated carbocycles. The second kappa shape index (κ2) is 16.8. The Kier molecular flexibility index (Phi) is 13.6. The molecule has 0 aromatic heterocycles. The third-order valence-electron chi connectivity index (χ3n) is 5.77. The van der Waals surface area contributed by atoms with E-state index in [2.05, 4.69) is 10.6 Å². The fourth-order valence-electron chi connectivity index (χ4n) is 3.06. The summed E-state index contributed by atoms with van der Waals surface area (Å²) in [7, 11) is 1.00. The number of benzene rings is 3. The molecular weight excluding hydrogens is 576 g/mol. The van der Waals surface area contributed by atoms with Crippen molar-refractivity contribution in [2.45, 2.75) is 56.7 Å². The van der Waals surface area contributed by atoms with Gasteiger partial charge in [-0.3, -0.25) is 20.2 Å². The van der Waals surface area contributed by atoms with Gasteiger partial charge >= 0.3 is 5.69 Å². The molecule has 0 radical (unpaired) electrons. The summed E-state index contributed by atoms with van der Waals surface area (Å²) >= 11 is 0. The summed E-state index contributed by atoms with van der Waals surface area (Å²) in [5, 5.41) is 33.6. The van der Waals surface area contributed by atoms with E-state index in [1.807, 2.05) is 0 Å². The van der Waals surface area contributed by atoms with Crippen LogP contribution in [-0.4, -0.2) is 40.2 Å². The third kappa shape index (κ3) is 13.3. The van der Waals surface area contributed by atoms with Crippen molar-refractivity contribution in [1.29, 1.82) is 0 Å². The number of anilines is 3. The Labute approximate surface area is 245 Å². The van der Waals surface area contributed by atoms with Gasteiger partial charge in [-0.2, -0.15) is 4.39 Å². The molecule has 15 heteroatoms. The van der Waals surface area contributed by atoms with E-state index in [0.717, 1.165) is 62.7 Å². The molecule has 3 aromatic carbocycles. The average Bonchev–Trinajstić information content (AvgIpc) is 3.80. The van der Waals surface area contributed by atoms with E-state index in [4.69, 9.17) is 16.6 Å². The van der Waals surface area contributed by atoms with Crippen LogP contribution in [0.2, 0.25) is 0 Å². The Bertz CT molecular complexity index is 1370. The van der Waals surface area contributed by atoms with Crippen molar-refractivity contribution in [3.8, 4) is 0 Å². The quantitative estimate of drug-likeness (QED) is 0.0985. The fraction of sp³-hybridized carbons (Fsp3) is 0.357. The van der Waals surface area contributed by atoms with E-state index >= 15 is 0 Å². The monoisotopic (exact) mass is 610 g/mol. The van der Waals surface area contributed by atoms with E-state index in [1.54, 1.807) is 6.07 Å². The first kappa shape index (κ1) is 34.7. The average molecular weight is 611 g/mol. The van der Waals surface area contributed by atoms with Crippen molar-refractivity contribution in [2.75, 3.05) is 23.5 Å². The number of nitrogens with zero attached hydrogens (tertiary/aromatic N) is 2. The minimum atomic E-state index is -1.16. The number of hydrogen-bond acceptors (Lipinski definition) is 9. The van der Waals surface area contributed by atoms with E-state index in [-0.39, 0.29) is 23.2 Å². The van der Waals surface area contributed by atoms with Gasteiger partial charge in [0.15, 0.2) is 0 Å². The van der Waals surface area contributed by atoms with Crippen LogP contribution in [0.15, 0.2) is 54.6 Å². The van der Waals surface area contributed by atoms with Crippen molar-refractivity contribution in [1.82, 2.24) is 0 Å². The van der Waals surface area contributed by atoms with Gasteiger partial charge in [-0.25, -0.2) is 13.2 Å². The number of hydrogen-bond donors (Lipinski definition) is 5. The van der Waals surface area contributed by atoms with Gasteiger partial charge in [0.05, 0.1) is 21.2 Å². The number of nitrogen functional groups attached to an aromatic ring is 1. The van der Waals surface area contributed by atoms with Crippen LogP contribution in [0.3, 0.4) is 0 Å². The van der Waals surface area contributed by atoms with Crippen molar-refractivity contribution < 1.29 is 32.5 Å². The molecule has 234 valence electrons. The lowest BCUT2D eigenvalue weighted by atomic mass is 10.2. The van der Waals surface area contributed by atoms with Crippen LogP contribution < -0.4 is 22.1 Å². The van der Waals surface area contributed by atoms with Gasteiger partial charge in [0.2, 0.25) is 5.82 Å². The summed E-state index contributed by atoms with van der Waals surface area (Å²) in [4.78, 5) is 19.1. The number of aliphatic hydroxyl groups is 1. The van der Waals surface area contributed by atoms with Crippen LogP contribution in [0.5, 0.6) is 0 Å². The topological polar surface area (TPSA) is 183 Å². The minimum absolute atomic E-state index is 0.0710. The molecule has 0 aliphatic heterocycles. The molecule has 0 atom stereocenters. The molecular formula is C28H34F4N6O5. The Morgan fingerprint density at radius 1 is 0.698 bits per heavy atom. The maximum Gasteiger partial charge on any atom is 0.304 e. The number of aliphatic hydroxyl groups excluding tert-OH is 1. The normalized spacial score (nSPS) is 14.5. The van der Waals surface area contributed by atoms with Crippen LogP contribution in [-0.2, 0) is 0 Å². The lowest BCUT2D eigenvalue weighted by molar-refractivity contribution is -0.387. The van der Waals surface area contributed by atoms with Crippen LogP contribution in [0.25, 0.3) is 0 Å². The SMILES string of the molecule is CO.NC1CC1.Nc1ccc(F)cc1NC1CC1.O=[N+]([O-])c1ccc(F)cc1F.O=[N+]([O-])c1ccc(F)cc1NC1CC1. The summed E-state index contributed by atoms with van der Waals surface area (Å²) in [5.74, 6) is -2.69. The molecule has 6 rings (SSSR count). The molecule has 0 amide bonds. The largest absolute Gasteiger partial charge is 0.400 e. The van der Waals surface area contributed by atoms with Crippen molar-refractivity contribution in [2.24, 2.45) is 5.73 Å². The van der Waals surface area contributed by atoms with Crippen LogP contribution in [0.1, 0.15) is 38.5 Å². The second-order valence-electron chi connectivity index (χ2n) is 9.68. The molecule has 3 fully saturated rings. The summed E-state index contributed by atoms with van der Waals surface area (Å²) < 4.78 is 50.1. The van der Waals surface area contributed by atoms with Gasteiger partial charge in [-0.1, -0.05) is 0 Å². The van der Waals surface area contributed by atoms with Gasteiger partial charge in [0.25, 0.3) is 5.69 Å². The number of nitro groups is 2. The van der Waals surface area contributed by atoms with Gasteiger partial charge in [0.1, 0.15) is 23.1 Å². The number of nitrogens with one attached hydrogen (secondary N) is 2. The first-order valence-corrected chi connectivity index (χ1v) is 13.2. The molecule has 0 unspecified atom stereocenters. The second-order valence-corrected chi connectivity index (χ2v) is 9.68. The summed E-state index contributed by atoms with van der Waals surface area (Å²) in [6.07, 6.45) is 6.84. The highest BCUT2D eigenvalue weighted by atomic mass is 19.1. The highest BCUT2D eigenvalue weighted by Gasteiger charge is 2.25. The Hall–Kier alpha value is -4.50. The first-order chi connectivity index (χ1) is 20.4. The lowest BCUT2D eigenvalue weighted by Gasteiger charge is -2.07.